The van der Waals surface area contributed by atoms with Crippen LogP contribution in [0.5, 0.6) is 0 Å². The molecule has 0 aliphatic carbocycles. The van der Waals surface area contributed by atoms with Gasteiger partial charge in [-0.05, 0) is 30.0 Å². The summed E-state index contributed by atoms with van der Waals surface area (Å²) >= 11 is 0. The molecule has 0 aliphatic heterocycles. The summed E-state index contributed by atoms with van der Waals surface area (Å²) < 4.78 is 5.10. The number of carbonyl (C=O) groups excluding carboxylic acids is 1. The minimum atomic E-state index is 0.00908. The molecular formula is C14H21NO2. The highest BCUT2D eigenvalue weighted by Crippen LogP contribution is 2.25. The molecule has 0 unspecified atom stereocenters. The first-order valence-corrected chi connectivity index (χ1v) is 6.03. The Labute approximate surface area is 103 Å². The number of hydrogen-bond donors (Lipinski definition) is 0. The molecule has 0 aromatic heterocycles. The van der Waals surface area contributed by atoms with Gasteiger partial charge in [0, 0.05) is 19.7 Å². The van der Waals surface area contributed by atoms with Crippen molar-refractivity contribution < 1.29 is 9.53 Å². The average molecular weight is 235 g/mol. The van der Waals surface area contributed by atoms with Crippen molar-refractivity contribution in [3.63, 3.8) is 0 Å². The van der Waals surface area contributed by atoms with Crippen LogP contribution < -0.4 is 4.90 Å². The molecule has 0 aliphatic rings. The molecule has 17 heavy (non-hydrogen) atoms. The van der Waals surface area contributed by atoms with E-state index in [9.17, 15) is 4.79 Å². The van der Waals surface area contributed by atoms with Gasteiger partial charge in [-0.15, -0.1) is 0 Å². The van der Waals surface area contributed by atoms with E-state index >= 15 is 0 Å². The Morgan fingerprint density at radius 3 is 2.47 bits per heavy atom. The summed E-state index contributed by atoms with van der Waals surface area (Å²) in [6.07, 6.45) is 1.91. The van der Waals surface area contributed by atoms with E-state index in [0.29, 0.717) is 6.73 Å². The lowest BCUT2D eigenvalue weighted by Gasteiger charge is -2.24. The van der Waals surface area contributed by atoms with Gasteiger partial charge in [0.2, 0.25) is 5.91 Å². The Morgan fingerprint density at radius 1 is 1.29 bits per heavy atom. The maximum Gasteiger partial charge on any atom is 0.225 e. The Hall–Kier alpha value is -1.35. The molecular weight excluding hydrogens is 214 g/mol. The second-order valence-corrected chi connectivity index (χ2v) is 3.99. The van der Waals surface area contributed by atoms with Gasteiger partial charge in [0.05, 0.1) is 0 Å². The summed E-state index contributed by atoms with van der Waals surface area (Å²) in [5.41, 5.74) is 3.51. The normalized spacial score (nSPS) is 10.4. The number of benzene rings is 1. The highest BCUT2D eigenvalue weighted by Gasteiger charge is 2.15. The maximum atomic E-state index is 11.6. The van der Waals surface area contributed by atoms with Crippen LogP contribution in [-0.4, -0.2) is 19.7 Å². The van der Waals surface area contributed by atoms with E-state index in [2.05, 4.69) is 19.9 Å². The van der Waals surface area contributed by atoms with Gasteiger partial charge in [-0.1, -0.05) is 26.0 Å². The van der Waals surface area contributed by atoms with E-state index in [4.69, 9.17) is 4.74 Å². The van der Waals surface area contributed by atoms with Crippen LogP contribution in [0.4, 0.5) is 5.69 Å². The predicted molar refractivity (Wildman–Crippen MR) is 70.2 cm³/mol. The van der Waals surface area contributed by atoms with Crippen LogP contribution in [0.25, 0.3) is 0 Å². The Bertz CT molecular complexity index is 388. The third kappa shape index (κ3) is 3.07. The first-order valence-electron chi connectivity index (χ1n) is 6.03. The lowest BCUT2D eigenvalue weighted by Crippen LogP contribution is -2.31. The van der Waals surface area contributed by atoms with Crippen molar-refractivity contribution >= 4 is 11.6 Å². The number of anilines is 1. The van der Waals surface area contributed by atoms with Crippen molar-refractivity contribution in [2.45, 2.75) is 33.6 Å². The number of aryl methyl sites for hydroxylation is 1. The van der Waals surface area contributed by atoms with Crippen LogP contribution in [0, 0.1) is 0 Å². The zero-order valence-corrected chi connectivity index (χ0v) is 11.1. The van der Waals surface area contributed by atoms with Gasteiger partial charge in [-0.2, -0.15) is 0 Å². The third-order valence-electron chi connectivity index (χ3n) is 2.91. The molecule has 1 rings (SSSR count). The van der Waals surface area contributed by atoms with Crippen LogP contribution in [0.3, 0.4) is 0 Å². The van der Waals surface area contributed by atoms with Crippen LogP contribution in [0.2, 0.25) is 0 Å². The highest BCUT2D eigenvalue weighted by atomic mass is 16.5. The van der Waals surface area contributed by atoms with Crippen molar-refractivity contribution in [3.05, 3.63) is 29.3 Å². The van der Waals surface area contributed by atoms with E-state index in [1.807, 2.05) is 12.1 Å². The Balaban J connectivity index is 3.22. The second kappa shape index (κ2) is 6.40. The SMILES string of the molecule is CCc1cccc(N(COC)C(C)=O)c1CC. The second-order valence-electron chi connectivity index (χ2n) is 3.99. The molecule has 0 N–H and O–H groups in total. The minimum Gasteiger partial charge on any atom is -0.364 e. The number of carbonyl (C=O) groups is 1. The largest absolute Gasteiger partial charge is 0.364 e. The third-order valence-corrected chi connectivity index (χ3v) is 2.91. The molecule has 0 heterocycles. The van der Waals surface area contributed by atoms with Crippen LogP contribution >= 0.6 is 0 Å². The number of nitrogens with zero attached hydrogens (tertiary/aromatic N) is 1. The highest BCUT2D eigenvalue weighted by molar-refractivity contribution is 5.92. The van der Waals surface area contributed by atoms with Crippen LogP contribution in [0.15, 0.2) is 18.2 Å². The van der Waals surface area contributed by atoms with Gasteiger partial charge in [0.25, 0.3) is 0 Å². The molecule has 1 aromatic rings. The van der Waals surface area contributed by atoms with Gasteiger partial charge >= 0.3 is 0 Å². The van der Waals surface area contributed by atoms with Crippen LogP contribution in [0.1, 0.15) is 31.9 Å². The molecule has 0 atom stereocenters. The molecule has 0 saturated carbocycles. The summed E-state index contributed by atoms with van der Waals surface area (Å²) in [7, 11) is 1.60. The quantitative estimate of drug-likeness (QED) is 0.734. The summed E-state index contributed by atoms with van der Waals surface area (Å²) in [6, 6.07) is 6.10. The van der Waals surface area contributed by atoms with Gasteiger partial charge in [0.1, 0.15) is 6.73 Å². The molecule has 0 bridgehead atoms. The Morgan fingerprint density at radius 2 is 2.00 bits per heavy atom. The summed E-state index contributed by atoms with van der Waals surface area (Å²) in [5, 5.41) is 0. The standard InChI is InChI=1S/C14H21NO2/c1-5-12-8-7-9-14(13(12)6-2)15(10-17-4)11(3)16/h7-9H,5-6,10H2,1-4H3. The number of ether oxygens (including phenoxy) is 1. The van der Waals surface area contributed by atoms with Gasteiger partial charge in [-0.25, -0.2) is 0 Å². The lowest BCUT2D eigenvalue weighted by atomic mass is 10.0. The van der Waals surface area contributed by atoms with Crippen molar-refractivity contribution in [2.75, 3.05) is 18.7 Å². The number of hydrogen-bond acceptors (Lipinski definition) is 2. The average Bonchev–Trinajstić information content (AvgIpc) is 2.34. The topological polar surface area (TPSA) is 29.5 Å². The summed E-state index contributed by atoms with van der Waals surface area (Å²) in [4.78, 5) is 13.3. The molecule has 0 spiro atoms. The molecule has 3 nitrogen and oxygen atoms in total. The molecule has 1 aromatic carbocycles. The first kappa shape index (κ1) is 13.7. The van der Waals surface area contributed by atoms with E-state index in [-0.39, 0.29) is 5.91 Å². The van der Waals surface area contributed by atoms with Gasteiger partial charge in [-0.3, -0.25) is 9.69 Å². The molecule has 0 saturated heterocycles. The maximum absolute atomic E-state index is 11.6. The zero-order valence-electron chi connectivity index (χ0n) is 11.1. The molecule has 1 amide bonds. The summed E-state index contributed by atoms with van der Waals surface area (Å²) in [5.74, 6) is 0.00908. The van der Waals surface area contributed by atoms with Crippen molar-refractivity contribution in [1.29, 1.82) is 0 Å². The van der Waals surface area contributed by atoms with Crippen LogP contribution in [-0.2, 0) is 22.4 Å². The molecule has 0 fully saturated rings. The minimum absolute atomic E-state index is 0.00908. The smallest absolute Gasteiger partial charge is 0.225 e. The fraction of sp³-hybridized carbons (Fsp3) is 0.500. The lowest BCUT2D eigenvalue weighted by molar-refractivity contribution is -0.117. The number of amides is 1. The Kier molecular flexibility index (Phi) is 5.16. The zero-order chi connectivity index (χ0) is 12.8. The number of methoxy groups -OCH3 is 1. The van der Waals surface area contributed by atoms with E-state index in [1.165, 1.54) is 11.1 Å². The molecule has 94 valence electrons. The van der Waals surface area contributed by atoms with Crippen molar-refractivity contribution in [3.8, 4) is 0 Å². The molecule has 0 radical (unpaired) electrons. The molecule has 3 heteroatoms. The summed E-state index contributed by atoms with van der Waals surface area (Å²) in [6.45, 7) is 6.11. The first-order chi connectivity index (χ1) is 8.15. The van der Waals surface area contributed by atoms with E-state index in [1.54, 1.807) is 18.9 Å². The van der Waals surface area contributed by atoms with E-state index < -0.39 is 0 Å². The fourth-order valence-electron chi connectivity index (χ4n) is 2.07. The fourth-order valence-corrected chi connectivity index (χ4v) is 2.07. The predicted octanol–water partition coefficient (Wildman–Crippen LogP) is 2.77. The van der Waals surface area contributed by atoms with Gasteiger partial charge < -0.3 is 4.74 Å². The van der Waals surface area contributed by atoms with Crippen molar-refractivity contribution in [1.82, 2.24) is 0 Å². The van der Waals surface area contributed by atoms with E-state index in [0.717, 1.165) is 18.5 Å². The monoisotopic (exact) mass is 235 g/mol. The number of rotatable bonds is 5. The van der Waals surface area contributed by atoms with Crippen molar-refractivity contribution in [2.24, 2.45) is 0 Å². The van der Waals surface area contributed by atoms with Gasteiger partial charge in [0.15, 0.2) is 0 Å².